The van der Waals surface area contributed by atoms with Crippen molar-refractivity contribution in [1.29, 1.82) is 0 Å². The number of rotatable bonds is 5. The number of benzene rings is 2. The molecule has 0 spiro atoms. The fourth-order valence-electron chi connectivity index (χ4n) is 4.31. The number of hydrogen-bond donors (Lipinski definition) is 1. The first kappa shape index (κ1) is 19.0. The Morgan fingerprint density at radius 1 is 0.933 bits per heavy atom. The highest BCUT2D eigenvalue weighted by molar-refractivity contribution is 6.03. The Kier molecular flexibility index (Phi) is 5.58. The summed E-state index contributed by atoms with van der Waals surface area (Å²) < 4.78 is 5.84. The van der Waals surface area contributed by atoms with E-state index in [0.29, 0.717) is 12.5 Å². The van der Waals surface area contributed by atoms with E-state index in [1.165, 1.54) is 29.5 Å². The average Bonchev–Trinajstić information content (AvgIpc) is 2.84. The maximum Gasteiger partial charge on any atom is 0.155 e. The van der Waals surface area contributed by atoms with Crippen molar-refractivity contribution < 1.29 is 4.74 Å². The molecule has 0 atom stereocenters. The molecule has 0 saturated carbocycles. The molecule has 2 aliphatic rings. The van der Waals surface area contributed by atoms with E-state index >= 15 is 0 Å². The molecule has 3 aromatic rings. The third kappa shape index (κ3) is 4.29. The molecule has 1 N–H and O–H groups in total. The highest BCUT2D eigenvalue weighted by Crippen LogP contribution is 2.31. The maximum atomic E-state index is 5.84. The van der Waals surface area contributed by atoms with E-state index in [-0.39, 0.29) is 0 Å². The largest absolute Gasteiger partial charge is 0.489 e. The zero-order chi connectivity index (χ0) is 20.2. The Morgan fingerprint density at radius 2 is 1.73 bits per heavy atom. The lowest BCUT2D eigenvalue weighted by Gasteiger charge is -2.24. The average molecular weight is 398 g/mol. The summed E-state index contributed by atoms with van der Waals surface area (Å²) in [5.74, 6) is 2.43. The molecule has 3 heterocycles. The predicted octanol–water partition coefficient (Wildman–Crippen LogP) is 5.19. The van der Waals surface area contributed by atoms with Crippen LogP contribution in [0, 0.1) is 0 Å². The predicted molar refractivity (Wildman–Crippen MR) is 121 cm³/mol. The first-order valence-electron chi connectivity index (χ1n) is 10.9. The highest BCUT2D eigenvalue weighted by Gasteiger charge is 2.20. The number of nitrogens with one attached hydrogen (secondary N) is 1. The summed E-state index contributed by atoms with van der Waals surface area (Å²) in [7, 11) is 0. The third-order valence-corrected chi connectivity index (χ3v) is 6.08. The van der Waals surface area contributed by atoms with Gasteiger partial charge in [0.2, 0.25) is 0 Å². The minimum absolute atomic E-state index is 0.570. The van der Waals surface area contributed by atoms with E-state index in [1.54, 1.807) is 0 Å². The van der Waals surface area contributed by atoms with Crippen molar-refractivity contribution in [3.63, 3.8) is 0 Å². The minimum Gasteiger partial charge on any atom is -0.489 e. The molecule has 4 heteroatoms. The standard InChI is InChI=1S/C26H27N3O/c1-2-4-24(5-3-1)30-18-19-6-8-21(9-7-19)25-11-10-22-16-23(17-28-26(22)29-25)20-12-14-27-15-13-20/h1-9,16-17,20,27H,10-15,18H2. The Labute approximate surface area is 178 Å². The van der Waals surface area contributed by atoms with Gasteiger partial charge in [-0.2, -0.15) is 0 Å². The summed E-state index contributed by atoms with van der Waals surface area (Å²) in [6, 6.07) is 20.8. The molecule has 0 radical (unpaired) electrons. The summed E-state index contributed by atoms with van der Waals surface area (Å²) in [4.78, 5) is 9.61. The molecule has 152 valence electrons. The van der Waals surface area contributed by atoms with Crippen LogP contribution < -0.4 is 10.1 Å². The third-order valence-electron chi connectivity index (χ3n) is 6.08. The normalized spacial score (nSPS) is 16.6. The molecule has 1 fully saturated rings. The second-order valence-electron chi connectivity index (χ2n) is 8.13. The summed E-state index contributed by atoms with van der Waals surface area (Å²) >= 11 is 0. The van der Waals surface area contributed by atoms with Crippen LogP contribution >= 0.6 is 0 Å². The van der Waals surface area contributed by atoms with Gasteiger partial charge in [0.1, 0.15) is 12.4 Å². The van der Waals surface area contributed by atoms with Crippen molar-refractivity contribution in [2.45, 2.75) is 38.2 Å². The molecule has 1 aromatic heterocycles. The first-order chi connectivity index (χ1) is 14.8. The van der Waals surface area contributed by atoms with Crippen molar-refractivity contribution in [3.05, 3.63) is 89.1 Å². The molecular weight excluding hydrogens is 370 g/mol. The second-order valence-corrected chi connectivity index (χ2v) is 8.13. The van der Waals surface area contributed by atoms with Gasteiger partial charge in [0.25, 0.3) is 0 Å². The van der Waals surface area contributed by atoms with Crippen LogP contribution in [0.4, 0.5) is 5.82 Å². The second kappa shape index (κ2) is 8.80. The summed E-state index contributed by atoms with van der Waals surface area (Å²) in [6.07, 6.45) is 6.43. The number of aromatic nitrogens is 1. The van der Waals surface area contributed by atoms with Crippen LogP contribution in [0.1, 0.15) is 47.4 Å². The van der Waals surface area contributed by atoms with Gasteiger partial charge in [0, 0.05) is 6.20 Å². The number of para-hydroxylation sites is 1. The van der Waals surface area contributed by atoms with Crippen LogP contribution in [-0.4, -0.2) is 23.8 Å². The molecule has 2 aliphatic heterocycles. The van der Waals surface area contributed by atoms with Crippen LogP contribution in [0.25, 0.3) is 0 Å². The highest BCUT2D eigenvalue weighted by atomic mass is 16.5. The number of nitrogens with zero attached hydrogens (tertiary/aromatic N) is 2. The smallest absolute Gasteiger partial charge is 0.155 e. The number of hydrogen-bond acceptors (Lipinski definition) is 4. The van der Waals surface area contributed by atoms with Crippen LogP contribution in [0.5, 0.6) is 5.75 Å². The van der Waals surface area contributed by atoms with Gasteiger partial charge in [-0.3, -0.25) is 0 Å². The monoisotopic (exact) mass is 397 g/mol. The molecule has 1 saturated heterocycles. The summed E-state index contributed by atoms with van der Waals surface area (Å²) in [6.45, 7) is 2.79. The number of aliphatic imine (C=N–C) groups is 1. The van der Waals surface area contributed by atoms with Gasteiger partial charge in [-0.1, -0.05) is 48.5 Å². The van der Waals surface area contributed by atoms with Gasteiger partial charge in [0.15, 0.2) is 5.82 Å². The van der Waals surface area contributed by atoms with Gasteiger partial charge in [-0.05, 0) is 79.1 Å². The van der Waals surface area contributed by atoms with Crippen LogP contribution in [0.3, 0.4) is 0 Å². The van der Waals surface area contributed by atoms with E-state index in [2.05, 4.69) is 35.6 Å². The Bertz CT molecular complexity index is 1020. The fraction of sp³-hybridized carbons (Fsp3) is 0.308. The summed E-state index contributed by atoms with van der Waals surface area (Å²) in [5, 5.41) is 3.44. The van der Waals surface area contributed by atoms with E-state index in [1.807, 2.05) is 36.5 Å². The van der Waals surface area contributed by atoms with Crippen LogP contribution in [0.2, 0.25) is 0 Å². The van der Waals surface area contributed by atoms with Crippen molar-refractivity contribution in [3.8, 4) is 5.75 Å². The van der Waals surface area contributed by atoms with Crippen LogP contribution in [-0.2, 0) is 13.0 Å². The van der Waals surface area contributed by atoms with Gasteiger partial charge in [-0.15, -0.1) is 0 Å². The number of fused-ring (bicyclic) bond motifs is 1. The fourth-order valence-corrected chi connectivity index (χ4v) is 4.31. The first-order valence-corrected chi connectivity index (χ1v) is 10.9. The van der Waals surface area contributed by atoms with Gasteiger partial charge >= 0.3 is 0 Å². The van der Waals surface area contributed by atoms with E-state index in [0.717, 1.165) is 48.8 Å². The quantitative estimate of drug-likeness (QED) is 0.644. The number of piperidine rings is 1. The molecule has 4 nitrogen and oxygen atoms in total. The summed E-state index contributed by atoms with van der Waals surface area (Å²) in [5.41, 5.74) is 6.14. The molecule has 0 unspecified atom stereocenters. The SMILES string of the molecule is c1ccc(OCc2ccc(C3=Nc4ncc(C5CCNCC5)cc4CC3)cc2)cc1. The zero-order valence-electron chi connectivity index (χ0n) is 17.2. The molecule has 30 heavy (non-hydrogen) atoms. The van der Waals surface area contributed by atoms with Gasteiger partial charge in [-0.25, -0.2) is 9.98 Å². The van der Waals surface area contributed by atoms with Crippen molar-refractivity contribution in [1.82, 2.24) is 10.3 Å². The topological polar surface area (TPSA) is 46.5 Å². The lowest BCUT2D eigenvalue weighted by Crippen LogP contribution is -2.26. The molecule has 0 aliphatic carbocycles. The lowest BCUT2D eigenvalue weighted by molar-refractivity contribution is 0.306. The number of ether oxygens (including phenoxy) is 1. The van der Waals surface area contributed by atoms with Crippen molar-refractivity contribution >= 4 is 11.5 Å². The molecule has 2 aromatic carbocycles. The molecule has 0 bridgehead atoms. The van der Waals surface area contributed by atoms with Crippen molar-refractivity contribution in [2.24, 2.45) is 4.99 Å². The Balaban J connectivity index is 1.28. The number of aryl methyl sites for hydroxylation is 1. The Morgan fingerprint density at radius 3 is 2.53 bits per heavy atom. The molecule has 5 rings (SSSR count). The number of pyridine rings is 1. The molecule has 0 amide bonds. The van der Waals surface area contributed by atoms with E-state index in [9.17, 15) is 0 Å². The van der Waals surface area contributed by atoms with Gasteiger partial charge in [0.05, 0.1) is 5.71 Å². The lowest BCUT2D eigenvalue weighted by atomic mass is 9.89. The van der Waals surface area contributed by atoms with Gasteiger partial charge < -0.3 is 10.1 Å². The van der Waals surface area contributed by atoms with Crippen LogP contribution in [0.15, 0.2) is 71.9 Å². The Hall–Kier alpha value is -2.98. The van der Waals surface area contributed by atoms with Crippen molar-refractivity contribution in [2.75, 3.05) is 13.1 Å². The maximum absolute atomic E-state index is 5.84. The zero-order valence-corrected chi connectivity index (χ0v) is 17.2. The molecular formula is C26H27N3O. The van der Waals surface area contributed by atoms with E-state index in [4.69, 9.17) is 14.7 Å². The minimum atomic E-state index is 0.570. The van der Waals surface area contributed by atoms with E-state index < -0.39 is 0 Å².